The van der Waals surface area contributed by atoms with Gasteiger partial charge in [0.2, 0.25) is 21.8 Å². The number of hydrogen-bond donors (Lipinski definition) is 4. The summed E-state index contributed by atoms with van der Waals surface area (Å²) in [6.07, 6.45) is 7.90. The minimum Gasteiger partial charge on any atom is -0.368 e. The number of nitrogens with one attached hydrogen (secondary N) is 4. The molecule has 1 saturated carbocycles. The number of aromatic nitrogens is 6. The van der Waals surface area contributed by atoms with Crippen LogP contribution in [0.5, 0.6) is 0 Å². The Kier molecular flexibility index (Phi) is 8.71. The van der Waals surface area contributed by atoms with Gasteiger partial charge in [0.25, 0.3) is 11.8 Å². The lowest BCUT2D eigenvalue weighted by Gasteiger charge is -2.17. The molecule has 6 heterocycles. The van der Waals surface area contributed by atoms with Gasteiger partial charge in [-0.25, -0.2) is 18.4 Å². The fourth-order valence-corrected chi connectivity index (χ4v) is 6.99. The SMILES string of the molecule is CC(C)Nc1cc(Cc2nn3c(NC4CC4)cc(-c4cccc(N(C)S(C)(=O)=O)c4)nc3c2C=C2CC(=O)NC2=O)nc2c(C=C3CC(=O)NC3=O)cnn12. The third-order valence-corrected chi connectivity index (χ3v) is 10.6. The van der Waals surface area contributed by atoms with Crippen molar-refractivity contribution >= 4 is 74.4 Å². The second-order valence-electron chi connectivity index (χ2n) is 14.2. The molecule has 1 aromatic carbocycles. The monoisotopic (exact) mass is 763 g/mol. The topological polar surface area (TPSA) is 214 Å². The molecule has 4 aromatic heterocycles. The number of amides is 4. The van der Waals surface area contributed by atoms with Gasteiger partial charge in [-0.3, -0.25) is 34.1 Å². The number of imide groups is 2. The summed E-state index contributed by atoms with van der Waals surface area (Å²) in [5.74, 6) is -0.491. The first-order valence-corrected chi connectivity index (χ1v) is 19.5. The van der Waals surface area contributed by atoms with Crippen LogP contribution in [0.3, 0.4) is 0 Å². The standard InChI is InChI=1S/C37H37N11O6S/c1-19(2)39-30-16-25(41-34-23(18-38-47(30)34)10-21-13-32(49)43-36(21)51)15-29-27(12-22-14-33(50)44-37(22)52)35-42-28(17-31(48(35)45-29)40-24-8-9-24)20-6-5-7-26(11-20)46(3)55(4,53)54/h5-7,10-12,16-19,24,39-40H,8-9,13-15H2,1-4H3,(H,43,49,51)(H,44,50,52). The summed E-state index contributed by atoms with van der Waals surface area (Å²) >= 11 is 0. The number of rotatable bonds is 11. The molecule has 282 valence electrons. The molecule has 3 aliphatic rings. The van der Waals surface area contributed by atoms with Crippen LogP contribution in [0.15, 0.2) is 53.7 Å². The molecule has 0 bridgehead atoms. The predicted molar refractivity (Wildman–Crippen MR) is 204 cm³/mol. The zero-order valence-electron chi connectivity index (χ0n) is 30.4. The molecule has 4 amide bonds. The van der Waals surface area contributed by atoms with E-state index >= 15 is 0 Å². The Labute approximate surface area is 315 Å². The van der Waals surface area contributed by atoms with Crippen molar-refractivity contribution in [1.82, 2.24) is 39.8 Å². The number of carbonyl (C=O) groups is 4. The number of nitrogens with zero attached hydrogens (tertiary/aromatic N) is 7. The van der Waals surface area contributed by atoms with Gasteiger partial charge in [-0.2, -0.15) is 19.2 Å². The van der Waals surface area contributed by atoms with Crippen LogP contribution in [0.4, 0.5) is 17.3 Å². The maximum absolute atomic E-state index is 12.9. The molecule has 2 aliphatic heterocycles. The van der Waals surface area contributed by atoms with Gasteiger partial charge in [-0.15, -0.1) is 0 Å². The van der Waals surface area contributed by atoms with Crippen molar-refractivity contribution in [1.29, 1.82) is 0 Å². The first-order chi connectivity index (χ1) is 26.2. The molecule has 5 aromatic rings. The third-order valence-electron chi connectivity index (χ3n) is 9.41. The van der Waals surface area contributed by atoms with Crippen LogP contribution in [0.1, 0.15) is 62.0 Å². The maximum atomic E-state index is 12.9. The lowest BCUT2D eigenvalue weighted by molar-refractivity contribution is -0.125. The van der Waals surface area contributed by atoms with E-state index in [1.807, 2.05) is 32.0 Å². The average Bonchev–Trinajstić information content (AvgIpc) is 3.43. The molecule has 0 spiro atoms. The van der Waals surface area contributed by atoms with E-state index in [9.17, 15) is 27.6 Å². The smallest absolute Gasteiger partial charge is 0.254 e. The fraction of sp³-hybridized carbons (Fsp3) is 0.297. The quantitative estimate of drug-likeness (QED) is 0.113. The molecule has 0 atom stereocenters. The molecular weight excluding hydrogens is 727 g/mol. The molecule has 3 fully saturated rings. The Balaban J connectivity index is 1.30. The highest BCUT2D eigenvalue weighted by Gasteiger charge is 2.29. The molecule has 2 saturated heterocycles. The van der Waals surface area contributed by atoms with Crippen molar-refractivity contribution in [3.05, 3.63) is 76.3 Å². The summed E-state index contributed by atoms with van der Waals surface area (Å²) in [4.78, 5) is 59.5. The summed E-state index contributed by atoms with van der Waals surface area (Å²) in [6, 6.07) is 11.0. The first-order valence-electron chi connectivity index (χ1n) is 17.7. The minimum absolute atomic E-state index is 0.0194. The van der Waals surface area contributed by atoms with E-state index in [1.54, 1.807) is 45.6 Å². The zero-order chi connectivity index (χ0) is 38.8. The average molecular weight is 764 g/mol. The molecule has 8 rings (SSSR count). The van der Waals surface area contributed by atoms with Crippen LogP contribution in [-0.4, -0.2) is 86.6 Å². The van der Waals surface area contributed by atoms with E-state index in [2.05, 4.69) is 26.4 Å². The summed E-state index contributed by atoms with van der Waals surface area (Å²) in [5, 5.41) is 21.2. The van der Waals surface area contributed by atoms with Gasteiger partial charge in [-0.1, -0.05) is 12.1 Å². The number of carbonyl (C=O) groups excluding carboxylic acids is 4. The molecule has 0 unspecified atom stereocenters. The molecule has 18 heteroatoms. The lowest BCUT2D eigenvalue weighted by atomic mass is 10.1. The number of hydrogen-bond acceptors (Lipinski definition) is 12. The number of sulfonamides is 1. The van der Waals surface area contributed by atoms with Crippen molar-refractivity contribution in [2.75, 3.05) is 28.2 Å². The third kappa shape index (κ3) is 7.15. The molecular formula is C37H37N11O6S. The van der Waals surface area contributed by atoms with Gasteiger partial charge in [0.05, 0.1) is 48.1 Å². The summed E-state index contributed by atoms with van der Waals surface area (Å²) in [7, 11) is -2.05. The number of benzene rings is 1. The second-order valence-corrected chi connectivity index (χ2v) is 16.2. The summed E-state index contributed by atoms with van der Waals surface area (Å²) < 4.78 is 29.3. The van der Waals surface area contributed by atoms with E-state index in [4.69, 9.17) is 15.1 Å². The van der Waals surface area contributed by atoms with Crippen molar-refractivity contribution in [2.24, 2.45) is 0 Å². The van der Waals surface area contributed by atoms with Gasteiger partial charge in [0.1, 0.15) is 11.6 Å². The Hall–Kier alpha value is -6.43. The van der Waals surface area contributed by atoms with Gasteiger partial charge < -0.3 is 10.6 Å². The van der Waals surface area contributed by atoms with Crippen molar-refractivity contribution < 1.29 is 27.6 Å². The maximum Gasteiger partial charge on any atom is 0.254 e. The fourth-order valence-electron chi connectivity index (χ4n) is 6.49. The van der Waals surface area contributed by atoms with E-state index in [0.29, 0.717) is 68.0 Å². The summed E-state index contributed by atoms with van der Waals surface area (Å²) in [5.41, 5.74) is 5.18. The number of fused-ring (bicyclic) bond motifs is 2. The highest BCUT2D eigenvalue weighted by Crippen LogP contribution is 2.33. The number of anilines is 3. The zero-order valence-corrected chi connectivity index (χ0v) is 31.2. The normalized spacial score (nSPS) is 17.6. The Morgan fingerprint density at radius 1 is 0.927 bits per heavy atom. The Morgan fingerprint density at radius 2 is 1.64 bits per heavy atom. The molecule has 55 heavy (non-hydrogen) atoms. The molecule has 4 N–H and O–H groups in total. The van der Waals surface area contributed by atoms with E-state index in [0.717, 1.165) is 19.1 Å². The largest absolute Gasteiger partial charge is 0.368 e. The first kappa shape index (κ1) is 35.6. The van der Waals surface area contributed by atoms with Gasteiger partial charge >= 0.3 is 0 Å². The Morgan fingerprint density at radius 3 is 2.27 bits per heavy atom. The van der Waals surface area contributed by atoms with E-state index in [1.165, 1.54) is 11.4 Å². The van der Waals surface area contributed by atoms with Gasteiger partial charge in [-0.05, 0) is 51.0 Å². The predicted octanol–water partition coefficient (Wildman–Crippen LogP) is 2.68. The van der Waals surface area contributed by atoms with E-state index < -0.39 is 27.7 Å². The minimum atomic E-state index is -3.53. The van der Waals surface area contributed by atoms with Crippen molar-refractivity contribution in [3.63, 3.8) is 0 Å². The Bertz CT molecular complexity index is 2650. The van der Waals surface area contributed by atoms with Crippen LogP contribution in [0.25, 0.3) is 34.7 Å². The van der Waals surface area contributed by atoms with Crippen molar-refractivity contribution in [2.45, 2.75) is 58.0 Å². The second kappa shape index (κ2) is 13.5. The van der Waals surface area contributed by atoms with Crippen molar-refractivity contribution in [3.8, 4) is 11.3 Å². The highest BCUT2D eigenvalue weighted by atomic mass is 32.2. The van der Waals surface area contributed by atoms with Crippen LogP contribution in [-0.2, 0) is 35.6 Å². The van der Waals surface area contributed by atoms with E-state index in [-0.39, 0.29) is 42.8 Å². The molecule has 0 radical (unpaired) electrons. The lowest BCUT2D eigenvalue weighted by Crippen LogP contribution is -2.24. The van der Waals surface area contributed by atoms with Crippen LogP contribution < -0.4 is 25.6 Å². The summed E-state index contributed by atoms with van der Waals surface area (Å²) in [6.45, 7) is 3.97. The van der Waals surface area contributed by atoms with Gasteiger partial charge in [0.15, 0.2) is 11.3 Å². The highest BCUT2D eigenvalue weighted by molar-refractivity contribution is 7.92. The van der Waals surface area contributed by atoms with Crippen LogP contribution >= 0.6 is 0 Å². The van der Waals surface area contributed by atoms with Gasteiger partial charge in [0, 0.05) is 65.5 Å². The van der Waals surface area contributed by atoms with Crippen LogP contribution in [0, 0.1) is 0 Å². The molecule has 17 nitrogen and oxygen atoms in total. The van der Waals surface area contributed by atoms with Crippen LogP contribution in [0.2, 0.25) is 0 Å². The molecule has 1 aliphatic carbocycles.